The van der Waals surface area contributed by atoms with Gasteiger partial charge >= 0.3 is 5.97 Å². The second-order valence-electron chi connectivity index (χ2n) is 2.98. The molecule has 1 aromatic carbocycles. The monoisotopic (exact) mass is 227 g/mol. The zero-order chi connectivity index (χ0) is 11.2. The predicted molar refractivity (Wildman–Crippen MR) is 52.8 cm³/mol. The van der Waals surface area contributed by atoms with E-state index in [0.717, 1.165) is 0 Å². The van der Waals surface area contributed by atoms with Crippen LogP contribution in [0.3, 0.4) is 0 Å². The topological polar surface area (TPSA) is 82.7 Å². The fourth-order valence-corrected chi connectivity index (χ4v) is 1.61. The van der Waals surface area contributed by atoms with Crippen molar-refractivity contribution >= 4 is 28.5 Å². The summed E-state index contributed by atoms with van der Waals surface area (Å²) in [5.41, 5.74) is -0.193. The van der Waals surface area contributed by atoms with Crippen LogP contribution in [0.15, 0.2) is 18.2 Å². The van der Waals surface area contributed by atoms with Crippen LogP contribution in [-0.4, -0.2) is 26.1 Å². The molecule has 0 radical (unpaired) electrons. The lowest BCUT2D eigenvalue weighted by molar-refractivity contribution is 0.0689. The quantitative estimate of drug-likeness (QED) is 0.650. The SMILES string of the molecule is O=C(O)c1c(O)n(O)c2cc(Cl)ccc12. The number of hydrogen-bond acceptors (Lipinski definition) is 3. The van der Waals surface area contributed by atoms with Crippen molar-refractivity contribution in [1.29, 1.82) is 0 Å². The maximum atomic E-state index is 10.8. The van der Waals surface area contributed by atoms with Gasteiger partial charge in [-0.25, -0.2) is 4.79 Å². The van der Waals surface area contributed by atoms with Gasteiger partial charge in [0.05, 0.1) is 5.52 Å². The number of carboxylic acids is 1. The molecule has 1 aromatic heterocycles. The molecule has 2 aromatic rings. The molecule has 3 N–H and O–H groups in total. The Balaban J connectivity index is 2.93. The number of aromatic carboxylic acids is 1. The molecule has 0 aliphatic heterocycles. The van der Waals surface area contributed by atoms with Crippen LogP contribution in [0.25, 0.3) is 10.9 Å². The van der Waals surface area contributed by atoms with Gasteiger partial charge in [-0.1, -0.05) is 17.7 Å². The van der Waals surface area contributed by atoms with Crippen LogP contribution < -0.4 is 0 Å². The fourth-order valence-electron chi connectivity index (χ4n) is 1.44. The molecule has 0 bridgehead atoms. The molecule has 15 heavy (non-hydrogen) atoms. The number of benzene rings is 1. The summed E-state index contributed by atoms with van der Waals surface area (Å²) in [6, 6.07) is 4.27. The van der Waals surface area contributed by atoms with Crippen molar-refractivity contribution in [2.24, 2.45) is 0 Å². The molecule has 0 fully saturated rings. The van der Waals surface area contributed by atoms with E-state index in [1.54, 1.807) is 0 Å². The minimum Gasteiger partial charge on any atom is -0.492 e. The average Bonchev–Trinajstić information content (AvgIpc) is 2.41. The predicted octanol–water partition coefficient (Wildman–Crippen LogP) is 1.94. The Hall–Kier alpha value is -1.88. The van der Waals surface area contributed by atoms with Crippen LogP contribution >= 0.6 is 11.6 Å². The first-order valence-electron chi connectivity index (χ1n) is 3.98. The molecule has 0 saturated heterocycles. The van der Waals surface area contributed by atoms with Crippen LogP contribution in [0.1, 0.15) is 10.4 Å². The van der Waals surface area contributed by atoms with Crippen LogP contribution in [0, 0.1) is 0 Å². The van der Waals surface area contributed by atoms with Gasteiger partial charge in [-0.2, -0.15) is 4.73 Å². The van der Waals surface area contributed by atoms with Crippen LogP contribution in [0.4, 0.5) is 0 Å². The highest BCUT2D eigenvalue weighted by Crippen LogP contribution is 2.31. The Labute approximate surface area is 88.7 Å². The molecule has 0 saturated carbocycles. The highest BCUT2D eigenvalue weighted by atomic mass is 35.5. The summed E-state index contributed by atoms with van der Waals surface area (Å²) >= 11 is 5.68. The Kier molecular flexibility index (Phi) is 1.97. The average molecular weight is 228 g/mol. The minimum absolute atomic E-state index is 0.150. The Morgan fingerprint density at radius 2 is 2.07 bits per heavy atom. The first-order valence-corrected chi connectivity index (χ1v) is 4.35. The summed E-state index contributed by atoms with van der Waals surface area (Å²) in [6.45, 7) is 0. The fraction of sp³-hybridized carbons (Fsp3) is 0. The number of hydrogen-bond donors (Lipinski definition) is 3. The van der Waals surface area contributed by atoms with Crippen molar-refractivity contribution in [3.8, 4) is 5.88 Å². The van der Waals surface area contributed by atoms with Gasteiger partial charge in [0.1, 0.15) is 5.56 Å². The molecule has 0 amide bonds. The third kappa shape index (κ3) is 1.28. The summed E-state index contributed by atoms with van der Waals surface area (Å²) < 4.78 is 0.394. The van der Waals surface area contributed by atoms with E-state index < -0.39 is 11.8 Å². The molecule has 0 spiro atoms. The van der Waals surface area contributed by atoms with E-state index in [1.807, 2.05) is 0 Å². The van der Waals surface area contributed by atoms with Gasteiger partial charge in [-0.3, -0.25) is 0 Å². The maximum Gasteiger partial charge on any atom is 0.341 e. The second kappa shape index (κ2) is 3.06. The largest absolute Gasteiger partial charge is 0.492 e. The van der Waals surface area contributed by atoms with Gasteiger partial charge in [-0.05, 0) is 12.1 Å². The summed E-state index contributed by atoms with van der Waals surface area (Å²) in [5.74, 6) is -2.02. The lowest BCUT2D eigenvalue weighted by Crippen LogP contribution is -1.95. The standard InChI is InChI=1S/C9H6ClNO4/c10-4-1-2-5-6(3-4)11(15)8(12)7(5)9(13)14/h1-3,12,15H,(H,13,14). The number of carboxylic acid groups (broad SMARTS) is 1. The van der Waals surface area contributed by atoms with E-state index in [0.29, 0.717) is 9.75 Å². The zero-order valence-electron chi connectivity index (χ0n) is 7.31. The third-order valence-corrected chi connectivity index (χ3v) is 2.33. The Bertz CT molecular complexity index is 561. The normalized spacial score (nSPS) is 10.7. The van der Waals surface area contributed by atoms with E-state index in [1.165, 1.54) is 18.2 Å². The molecular formula is C9H6ClNO4. The van der Waals surface area contributed by atoms with Gasteiger partial charge in [0.2, 0.25) is 5.88 Å². The van der Waals surface area contributed by atoms with E-state index >= 15 is 0 Å². The molecule has 5 nitrogen and oxygen atoms in total. The Morgan fingerprint density at radius 1 is 1.40 bits per heavy atom. The molecule has 0 aliphatic carbocycles. The molecule has 0 unspecified atom stereocenters. The molecular weight excluding hydrogens is 222 g/mol. The molecule has 0 aliphatic rings. The molecule has 2 rings (SSSR count). The van der Waals surface area contributed by atoms with E-state index in [2.05, 4.69) is 0 Å². The van der Waals surface area contributed by atoms with E-state index in [-0.39, 0.29) is 16.5 Å². The number of aromatic nitrogens is 1. The van der Waals surface area contributed by atoms with Gasteiger partial charge in [0, 0.05) is 10.4 Å². The van der Waals surface area contributed by atoms with Crippen molar-refractivity contribution < 1.29 is 20.2 Å². The smallest absolute Gasteiger partial charge is 0.341 e. The number of rotatable bonds is 1. The highest BCUT2D eigenvalue weighted by molar-refractivity contribution is 6.31. The number of carbonyl (C=O) groups is 1. The van der Waals surface area contributed by atoms with Gasteiger partial charge in [-0.15, -0.1) is 0 Å². The number of aromatic hydroxyl groups is 1. The second-order valence-corrected chi connectivity index (χ2v) is 3.41. The van der Waals surface area contributed by atoms with Crippen molar-refractivity contribution in [3.05, 3.63) is 28.8 Å². The third-order valence-electron chi connectivity index (χ3n) is 2.10. The van der Waals surface area contributed by atoms with Crippen LogP contribution in [0.5, 0.6) is 5.88 Å². The van der Waals surface area contributed by atoms with Crippen LogP contribution in [-0.2, 0) is 0 Å². The summed E-state index contributed by atoms with van der Waals surface area (Å²) in [5, 5.41) is 28.2. The first kappa shape index (κ1) is 9.67. The van der Waals surface area contributed by atoms with Crippen molar-refractivity contribution in [1.82, 2.24) is 4.73 Å². The lowest BCUT2D eigenvalue weighted by atomic mass is 10.2. The summed E-state index contributed by atoms with van der Waals surface area (Å²) in [7, 11) is 0. The maximum absolute atomic E-state index is 10.8. The lowest BCUT2D eigenvalue weighted by Gasteiger charge is -1.95. The molecule has 1 heterocycles. The Morgan fingerprint density at radius 3 is 2.67 bits per heavy atom. The summed E-state index contributed by atoms with van der Waals surface area (Å²) in [6.07, 6.45) is 0. The first-order chi connectivity index (χ1) is 7.02. The van der Waals surface area contributed by atoms with Gasteiger partial charge in [0.15, 0.2) is 0 Å². The summed E-state index contributed by atoms with van der Waals surface area (Å²) in [4.78, 5) is 10.8. The number of halogens is 1. The van der Waals surface area contributed by atoms with Crippen LogP contribution in [0.2, 0.25) is 5.02 Å². The molecule has 78 valence electrons. The zero-order valence-corrected chi connectivity index (χ0v) is 8.06. The highest BCUT2D eigenvalue weighted by Gasteiger charge is 2.21. The number of nitrogens with zero attached hydrogens (tertiary/aromatic N) is 1. The molecule has 0 atom stereocenters. The minimum atomic E-state index is -1.31. The molecule has 6 heteroatoms. The van der Waals surface area contributed by atoms with Crippen molar-refractivity contribution in [2.75, 3.05) is 0 Å². The van der Waals surface area contributed by atoms with Crippen molar-refractivity contribution in [2.45, 2.75) is 0 Å². The van der Waals surface area contributed by atoms with Gasteiger partial charge in [0.25, 0.3) is 0 Å². The van der Waals surface area contributed by atoms with E-state index in [4.69, 9.17) is 16.7 Å². The van der Waals surface area contributed by atoms with Crippen molar-refractivity contribution in [3.63, 3.8) is 0 Å². The number of fused-ring (bicyclic) bond motifs is 1. The van der Waals surface area contributed by atoms with E-state index in [9.17, 15) is 15.1 Å². The van der Waals surface area contributed by atoms with Gasteiger partial charge < -0.3 is 15.4 Å².